The lowest BCUT2D eigenvalue weighted by Gasteiger charge is -2.09. The summed E-state index contributed by atoms with van der Waals surface area (Å²) in [5, 5.41) is 12.3. The number of aliphatic hydroxyl groups excluding tert-OH is 1. The van der Waals surface area contributed by atoms with Crippen molar-refractivity contribution in [2.45, 2.75) is 6.42 Å². The summed E-state index contributed by atoms with van der Waals surface area (Å²) >= 11 is 0. The molecule has 0 aliphatic heterocycles. The van der Waals surface area contributed by atoms with Gasteiger partial charge in [-0.1, -0.05) is 12.2 Å². The zero-order valence-corrected chi connectivity index (χ0v) is 12.4. The lowest BCUT2D eigenvalue weighted by Crippen LogP contribution is -2.02. The molecule has 0 amide bonds. The Bertz CT molecular complexity index is 650. The molecule has 0 unspecified atom stereocenters. The first-order valence-corrected chi connectivity index (χ1v) is 7.15. The number of anilines is 4. The molecule has 0 atom stereocenters. The Morgan fingerprint density at radius 2 is 1.73 bits per heavy atom. The zero-order valence-electron chi connectivity index (χ0n) is 12.4. The van der Waals surface area contributed by atoms with E-state index in [9.17, 15) is 0 Å². The van der Waals surface area contributed by atoms with Gasteiger partial charge in [0.1, 0.15) is 0 Å². The van der Waals surface area contributed by atoms with E-state index in [1.165, 1.54) is 0 Å². The molecule has 0 heterocycles. The van der Waals surface area contributed by atoms with Crippen LogP contribution in [0.1, 0.15) is 11.1 Å². The SMILES string of the molecule is Nc1ccc(NCC=Cc2cc(N)cc(CCO)c2N)cc1. The summed E-state index contributed by atoms with van der Waals surface area (Å²) in [6.45, 7) is 0.711. The topological polar surface area (TPSA) is 110 Å². The van der Waals surface area contributed by atoms with Crippen LogP contribution in [0.3, 0.4) is 0 Å². The second kappa shape index (κ2) is 7.38. The average Bonchev–Trinajstić information content (AvgIpc) is 2.50. The van der Waals surface area contributed by atoms with Gasteiger partial charge in [0.15, 0.2) is 0 Å². The zero-order chi connectivity index (χ0) is 15.9. The molecule has 0 bridgehead atoms. The molecule has 2 aromatic carbocycles. The molecule has 5 nitrogen and oxygen atoms in total. The van der Waals surface area contributed by atoms with Crippen molar-refractivity contribution in [3.8, 4) is 0 Å². The molecular weight excluding hydrogens is 276 g/mol. The van der Waals surface area contributed by atoms with Crippen LogP contribution in [0.15, 0.2) is 42.5 Å². The van der Waals surface area contributed by atoms with E-state index in [1.54, 1.807) is 6.07 Å². The smallest absolute Gasteiger partial charge is 0.0472 e. The lowest BCUT2D eigenvalue weighted by molar-refractivity contribution is 0.300. The minimum absolute atomic E-state index is 0.0511. The first-order valence-electron chi connectivity index (χ1n) is 7.15. The molecule has 0 spiro atoms. The van der Waals surface area contributed by atoms with Crippen molar-refractivity contribution in [3.63, 3.8) is 0 Å². The fraction of sp³-hybridized carbons (Fsp3) is 0.176. The summed E-state index contributed by atoms with van der Waals surface area (Å²) in [4.78, 5) is 0. The van der Waals surface area contributed by atoms with E-state index in [2.05, 4.69) is 5.32 Å². The number of benzene rings is 2. The summed E-state index contributed by atoms with van der Waals surface area (Å²) in [6, 6.07) is 11.2. The monoisotopic (exact) mass is 298 g/mol. The number of nitrogens with two attached hydrogens (primary N) is 3. The highest BCUT2D eigenvalue weighted by atomic mass is 16.2. The van der Waals surface area contributed by atoms with E-state index in [-0.39, 0.29) is 6.61 Å². The quantitative estimate of drug-likeness (QED) is 0.524. The maximum atomic E-state index is 9.05. The van der Waals surface area contributed by atoms with Crippen molar-refractivity contribution in [2.24, 2.45) is 0 Å². The van der Waals surface area contributed by atoms with Crippen LogP contribution in [-0.4, -0.2) is 18.3 Å². The fourth-order valence-corrected chi connectivity index (χ4v) is 2.19. The van der Waals surface area contributed by atoms with Crippen LogP contribution < -0.4 is 22.5 Å². The van der Waals surface area contributed by atoms with Crippen LogP contribution in [0, 0.1) is 0 Å². The molecule has 22 heavy (non-hydrogen) atoms. The minimum atomic E-state index is 0.0511. The molecule has 2 aromatic rings. The van der Waals surface area contributed by atoms with E-state index in [0.29, 0.717) is 24.3 Å². The minimum Gasteiger partial charge on any atom is -0.399 e. The number of nitrogens with one attached hydrogen (secondary N) is 1. The Kier molecular flexibility index (Phi) is 5.27. The van der Waals surface area contributed by atoms with Gasteiger partial charge in [0, 0.05) is 35.9 Å². The Labute approximate surface area is 130 Å². The standard InChI is InChI=1S/C17H22N4O/c18-14-3-5-16(6-4-14)21-8-1-2-12-10-15(19)11-13(7-9-22)17(12)20/h1-6,10-11,21-22H,7-9,18-20H2. The van der Waals surface area contributed by atoms with Crippen LogP contribution in [0.25, 0.3) is 6.08 Å². The second-order valence-electron chi connectivity index (χ2n) is 5.06. The molecule has 8 N–H and O–H groups in total. The van der Waals surface area contributed by atoms with Gasteiger partial charge in [-0.2, -0.15) is 0 Å². The Balaban J connectivity index is 2.02. The fourth-order valence-electron chi connectivity index (χ4n) is 2.19. The van der Waals surface area contributed by atoms with Crippen molar-refractivity contribution in [1.29, 1.82) is 0 Å². The summed E-state index contributed by atoms with van der Waals surface area (Å²) in [7, 11) is 0. The summed E-state index contributed by atoms with van der Waals surface area (Å²) in [6.07, 6.45) is 4.41. The largest absolute Gasteiger partial charge is 0.399 e. The van der Waals surface area contributed by atoms with Crippen molar-refractivity contribution in [3.05, 3.63) is 53.6 Å². The van der Waals surface area contributed by atoms with Gasteiger partial charge < -0.3 is 27.6 Å². The molecule has 2 rings (SSSR count). The van der Waals surface area contributed by atoms with E-state index >= 15 is 0 Å². The van der Waals surface area contributed by atoms with Gasteiger partial charge in [-0.05, 0) is 53.9 Å². The molecular formula is C17H22N4O. The molecule has 0 saturated carbocycles. The molecule has 0 aliphatic rings. The molecule has 5 heteroatoms. The van der Waals surface area contributed by atoms with Crippen LogP contribution in [0.4, 0.5) is 22.7 Å². The number of hydrogen-bond donors (Lipinski definition) is 5. The van der Waals surface area contributed by atoms with Crippen LogP contribution in [0.2, 0.25) is 0 Å². The molecule has 0 saturated heterocycles. The van der Waals surface area contributed by atoms with Crippen molar-refractivity contribution < 1.29 is 5.11 Å². The molecule has 0 radical (unpaired) electrons. The predicted octanol–water partition coefficient (Wildman–Crippen LogP) is 2.09. The summed E-state index contributed by atoms with van der Waals surface area (Å²) in [5.74, 6) is 0. The lowest BCUT2D eigenvalue weighted by atomic mass is 10.0. The highest BCUT2D eigenvalue weighted by molar-refractivity contribution is 5.72. The van der Waals surface area contributed by atoms with Gasteiger partial charge in [-0.25, -0.2) is 0 Å². The third-order valence-electron chi connectivity index (χ3n) is 3.33. The predicted molar refractivity (Wildman–Crippen MR) is 94.4 cm³/mol. The first-order chi connectivity index (χ1) is 10.6. The number of aliphatic hydroxyl groups is 1. The second-order valence-corrected chi connectivity index (χ2v) is 5.06. The van der Waals surface area contributed by atoms with Gasteiger partial charge in [0.05, 0.1) is 0 Å². The average molecular weight is 298 g/mol. The van der Waals surface area contributed by atoms with E-state index < -0.39 is 0 Å². The number of nitrogen functional groups attached to an aromatic ring is 3. The highest BCUT2D eigenvalue weighted by Gasteiger charge is 2.04. The van der Waals surface area contributed by atoms with Crippen LogP contribution in [-0.2, 0) is 6.42 Å². The molecule has 0 fully saturated rings. The number of rotatable bonds is 6. The Morgan fingerprint density at radius 1 is 1.00 bits per heavy atom. The normalized spacial score (nSPS) is 11.0. The van der Waals surface area contributed by atoms with Crippen molar-refractivity contribution in [1.82, 2.24) is 0 Å². The Morgan fingerprint density at radius 3 is 2.41 bits per heavy atom. The molecule has 116 valence electrons. The third-order valence-corrected chi connectivity index (χ3v) is 3.33. The summed E-state index contributed by atoms with van der Waals surface area (Å²) in [5.41, 5.74) is 22.4. The molecule has 0 aliphatic carbocycles. The summed E-state index contributed by atoms with van der Waals surface area (Å²) < 4.78 is 0. The van der Waals surface area contributed by atoms with Crippen LogP contribution in [0.5, 0.6) is 0 Å². The molecule has 0 aromatic heterocycles. The third kappa shape index (κ3) is 4.17. The highest BCUT2D eigenvalue weighted by Crippen LogP contribution is 2.23. The first kappa shape index (κ1) is 15.7. The van der Waals surface area contributed by atoms with E-state index in [1.807, 2.05) is 42.5 Å². The van der Waals surface area contributed by atoms with Gasteiger partial charge in [-0.15, -0.1) is 0 Å². The van der Waals surface area contributed by atoms with Crippen LogP contribution >= 0.6 is 0 Å². The van der Waals surface area contributed by atoms with Gasteiger partial charge >= 0.3 is 0 Å². The van der Waals surface area contributed by atoms with E-state index in [4.69, 9.17) is 22.3 Å². The van der Waals surface area contributed by atoms with Gasteiger partial charge in [0.2, 0.25) is 0 Å². The van der Waals surface area contributed by atoms with Crippen molar-refractivity contribution in [2.75, 3.05) is 35.7 Å². The Hall–Kier alpha value is -2.66. The van der Waals surface area contributed by atoms with Crippen molar-refractivity contribution >= 4 is 28.8 Å². The maximum absolute atomic E-state index is 9.05. The number of hydrogen-bond acceptors (Lipinski definition) is 5. The van der Waals surface area contributed by atoms with Gasteiger partial charge in [0.25, 0.3) is 0 Å². The van der Waals surface area contributed by atoms with Gasteiger partial charge in [-0.3, -0.25) is 0 Å². The van der Waals surface area contributed by atoms with E-state index in [0.717, 1.165) is 22.5 Å². The maximum Gasteiger partial charge on any atom is 0.0472 e.